The van der Waals surface area contributed by atoms with Crippen molar-refractivity contribution in [2.75, 3.05) is 6.54 Å². The molecule has 2 N–H and O–H groups in total. The topological polar surface area (TPSA) is 84.2 Å². The molecule has 0 saturated carbocycles. The van der Waals surface area contributed by atoms with E-state index in [-0.39, 0.29) is 5.69 Å². The van der Waals surface area contributed by atoms with Crippen molar-refractivity contribution in [3.05, 3.63) is 28.2 Å². The molecule has 1 amide bonds. The van der Waals surface area contributed by atoms with Gasteiger partial charge in [0.25, 0.3) is 11.5 Å². The largest absolute Gasteiger partial charge is 0.416 e. The molecule has 0 aromatic carbocycles. The first-order valence-corrected chi connectivity index (χ1v) is 4.79. The van der Waals surface area contributed by atoms with Gasteiger partial charge in [0.1, 0.15) is 5.69 Å². The molecule has 0 radical (unpaired) electrons. The Kier molecular flexibility index (Phi) is 4.07. The maximum Gasteiger partial charge on any atom is 0.416 e. The number of aromatic nitrogens is 2. The van der Waals surface area contributed by atoms with Crippen LogP contribution in [0.15, 0.2) is 16.9 Å². The van der Waals surface area contributed by atoms with E-state index in [2.05, 4.69) is 5.10 Å². The summed E-state index contributed by atoms with van der Waals surface area (Å²) in [5.41, 5.74) is -0.673. The van der Waals surface area contributed by atoms with Crippen LogP contribution in [0.3, 0.4) is 0 Å². The Balaban J connectivity index is 2.66. The number of amides is 1. The van der Waals surface area contributed by atoms with E-state index in [0.29, 0.717) is 0 Å². The van der Waals surface area contributed by atoms with Crippen molar-refractivity contribution in [2.45, 2.75) is 12.3 Å². The molecule has 18 heavy (non-hydrogen) atoms. The Morgan fingerprint density at radius 1 is 1.56 bits per heavy atom. The highest BCUT2D eigenvalue weighted by atomic mass is 19.4. The number of aliphatic hydroxyl groups is 1. The smallest absolute Gasteiger partial charge is 0.382 e. The van der Waals surface area contributed by atoms with Crippen LogP contribution in [0, 0.1) is 0 Å². The second-order valence-electron chi connectivity index (χ2n) is 3.45. The number of aliphatic hydroxyl groups excluding tert-OH is 1. The SMILES string of the molecule is Cn1nc(C(=O)NCC(O)C(F)(F)F)ccc1=O. The zero-order chi connectivity index (χ0) is 13.9. The fourth-order valence-electron chi connectivity index (χ4n) is 1.02. The monoisotopic (exact) mass is 265 g/mol. The minimum absolute atomic E-state index is 0.216. The van der Waals surface area contributed by atoms with Gasteiger partial charge < -0.3 is 10.4 Å². The molecule has 0 aliphatic rings. The third-order valence-corrected chi connectivity index (χ3v) is 2.03. The summed E-state index contributed by atoms with van der Waals surface area (Å²) in [7, 11) is 1.30. The number of nitrogens with one attached hydrogen (secondary N) is 1. The quantitative estimate of drug-likeness (QED) is 0.766. The molecule has 1 aromatic heterocycles. The van der Waals surface area contributed by atoms with Gasteiger partial charge in [0, 0.05) is 13.1 Å². The average molecular weight is 265 g/mol. The predicted octanol–water partition coefficient (Wildman–Crippen LogP) is -0.567. The number of aryl methyl sites for hydroxylation is 1. The van der Waals surface area contributed by atoms with Crippen LogP contribution < -0.4 is 10.9 Å². The van der Waals surface area contributed by atoms with E-state index in [1.165, 1.54) is 7.05 Å². The van der Waals surface area contributed by atoms with Gasteiger partial charge in [-0.3, -0.25) is 9.59 Å². The van der Waals surface area contributed by atoms with Crippen molar-refractivity contribution < 1.29 is 23.1 Å². The van der Waals surface area contributed by atoms with Crippen molar-refractivity contribution in [3.63, 3.8) is 0 Å². The van der Waals surface area contributed by atoms with E-state index in [9.17, 15) is 22.8 Å². The molecule has 1 aromatic rings. The third kappa shape index (κ3) is 3.55. The molecule has 1 rings (SSSR count). The summed E-state index contributed by atoms with van der Waals surface area (Å²) in [6, 6.07) is 2.14. The van der Waals surface area contributed by atoms with Crippen molar-refractivity contribution in [2.24, 2.45) is 7.05 Å². The highest BCUT2D eigenvalue weighted by molar-refractivity contribution is 5.91. The predicted molar refractivity (Wildman–Crippen MR) is 53.9 cm³/mol. The average Bonchev–Trinajstić information content (AvgIpc) is 2.27. The van der Waals surface area contributed by atoms with Crippen LogP contribution >= 0.6 is 0 Å². The molecule has 0 saturated heterocycles. The van der Waals surface area contributed by atoms with Crippen LogP contribution in [0.25, 0.3) is 0 Å². The van der Waals surface area contributed by atoms with Crippen LogP contribution in [0.2, 0.25) is 0 Å². The first kappa shape index (κ1) is 14.2. The first-order valence-electron chi connectivity index (χ1n) is 4.79. The van der Waals surface area contributed by atoms with E-state index in [1.807, 2.05) is 5.32 Å². The van der Waals surface area contributed by atoms with E-state index < -0.39 is 30.3 Å². The zero-order valence-corrected chi connectivity index (χ0v) is 9.23. The van der Waals surface area contributed by atoms with Crippen molar-refractivity contribution in [1.29, 1.82) is 0 Å². The summed E-state index contributed by atoms with van der Waals surface area (Å²) < 4.78 is 36.7. The van der Waals surface area contributed by atoms with Gasteiger partial charge in [-0.05, 0) is 6.07 Å². The van der Waals surface area contributed by atoms with Crippen LogP contribution in [-0.4, -0.2) is 39.6 Å². The molecular formula is C9H10F3N3O3. The molecule has 1 heterocycles. The number of hydrogen-bond donors (Lipinski definition) is 2. The summed E-state index contributed by atoms with van der Waals surface area (Å²) in [5, 5.41) is 14.1. The minimum Gasteiger partial charge on any atom is -0.382 e. The Morgan fingerprint density at radius 3 is 2.67 bits per heavy atom. The van der Waals surface area contributed by atoms with Gasteiger partial charge in [-0.15, -0.1) is 0 Å². The fraction of sp³-hybridized carbons (Fsp3) is 0.444. The van der Waals surface area contributed by atoms with Gasteiger partial charge in [0.05, 0.1) is 6.54 Å². The summed E-state index contributed by atoms with van der Waals surface area (Å²) in [4.78, 5) is 22.3. The third-order valence-electron chi connectivity index (χ3n) is 2.03. The van der Waals surface area contributed by atoms with Gasteiger partial charge in [-0.25, -0.2) is 4.68 Å². The molecular weight excluding hydrogens is 255 g/mol. The maximum atomic E-state index is 12.0. The standard InChI is InChI=1S/C9H10F3N3O3/c1-15-7(17)3-2-5(14-15)8(18)13-4-6(16)9(10,11)12/h2-3,6,16H,4H2,1H3,(H,13,18). The lowest BCUT2D eigenvalue weighted by molar-refractivity contribution is -0.201. The Bertz CT molecular complexity index is 498. The zero-order valence-electron chi connectivity index (χ0n) is 9.23. The molecule has 9 heteroatoms. The highest BCUT2D eigenvalue weighted by Gasteiger charge is 2.38. The molecule has 6 nitrogen and oxygen atoms in total. The Labute approximate surface area is 99.0 Å². The number of alkyl halides is 3. The molecule has 1 atom stereocenters. The lowest BCUT2D eigenvalue weighted by Crippen LogP contribution is -2.41. The highest BCUT2D eigenvalue weighted by Crippen LogP contribution is 2.19. The lowest BCUT2D eigenvalue weighted by atomic mass is 10.3. The molecule has 0 aliphatic heterocycles. The number of halogens is 3. The Hall–Kier alpha value is -1.90. The summed E-state index contributed by atoms with van der Waals surface area (Å²) in [6.45, 7) is -0.979. The van der Waals surface area contributed by atoms with Crippen LogP contribution in [0.5, 0.6) is 0 Å². The summed E-state index contributed by atoms with van der Waals surface area (Å²) >= 11 is 0. The summed E-state index contributed by atoms with van der Waals surface area (Å²) in [6.07, 6.45) is -7.45. The molecule has 0 aliphatic carbocycles. The number of carbonyl (C=O) groups is 1. The normalized spacial score (nSPS) is 13.2. The molecule has 100 valence electrons. The first-order chi connectivity index (χ1) is 8.21. The van der Waals surface area contributed by atoms with E-state index >= 15 is 0 Å². The van der Waals surface area contributed by atoms with Crippen LogP contribution in [0.1, 0.15) is 10.5 Å². The number of nitrogens with zero attached hydrogens (tertiary/aromatic N) is 2. The molecule has 1 unspecified atom stereocenters. The van der Waals surface area contributed by atoms with E-state index in [0.717, 1.165) is 16.8 Å². The summed E-state index contributed by atoms with van der Waals surface area (Å²) in [5.74, 6) is -0.908. The molecule has 0 fully saturated rings. The Morgan fingerprint density at radius 2 is 2.17 bits per heavy atom. The van der Waals surface area contributed by atoms with Gasteiger partial charge >= 0.3 is 6.18 Å². The number of rotatable bonds is 3. The van der Waals surface area contributed by atoms with Crippen molar-refractivity contribution >= 4 is 5.91 Å². The molecule has 0 spiro atoms. The number of carbonyl (C=O) groups excluding carboxylic acids is 1. The molecule has 0 bridgehead atoms. The van der Waals surface area contributed by atoms with Gasteiger partial charge in [-0.2, -0.15) is 18.3 Å². The lowest BCUT2D eigenvalue weighted by Gasteiger charge is -2.14. The second kappa shape index (κ2) is 5.17. The number of hydrogen-bond acceptors (Lipinski definition) is 4. The van der Waals surface area contributed by atoms with Gasteiger partial charge in [-0.1, -0.05) is 0 Å². The minimum atomic E-state index is -4.80. The maximum absolute atomic E-state index is 12.0. The van der Waals surface area contributed by atoms with Gasteiger partial charge in [0.2, 0.25) is 0 Å². The van der Waals surface area contributed by atoms with Crippen molar-refractivity contribution in [3.8, 4) is 0 Å². The van der Waals surface area contributed by atoms with E-state index in [4.69, 9.17) is 5.11 Å². The van der Waals surface area contributed by atoms with Crippen LogP contribution in [0.4, 0.5) is 13.2 Å². The van der Waals surface area contributed by atoms with Gasteiger partial charge in [0.15, 0.2) is 6.10 Å². The van der Waals surface area contributed by atoms with Crippen molar-refractivity contribution in [1.82, 2.24) is 15.1 Å². The van der Waals surface area contributed by atoms with Crippen LogP contribution in [-0.2, 0) is 7.05 Å². The second-order valence-corrected chi connectivity index (χ2v) is 3.45. The fourth-order valence-corrected chi connectivity index (χ4v) is 1.02. The van der Waals surface area contributed by atoms with E-state index in [1.54, 1.807) is 0 Å².